The molecule has 1 aliphatic heterocycles. The van der Waals surface area contributed by atoms with Gasteiger partial charge in [-0.05, 0) is 0 Å². The Morgan fingerprint density at radius 2 is 2.35 bits per heavy atom. The molecule has 0 spiro atoms. The highest BCUT2D eigenvalue weighted by atomic mass is 16.5. The largest absolute Gasteiger partial charge is 0.394 e. The molecule has 104 valence electrons. The van der Waals surface area contributed by atoms with Crippen LogP contribution in [0.15, 0.2) is 12.5 Å². The van der Waals surface area contributed by atoms with E-state index in [2.05, 4.69) is 15.9 Å². The number of ether oxygens (including phenoxy) is 1. The summed E-state index contributed by atoms with van der Waals surface area (Å²) in [4.78, 5) is 8.11. The van der Waals surface area contributed by atoms with Gasteiger partial charge in [0.1, 0.15) is 30.1 Å². The van der Waals surface area contributed by atoms with Crippen LogP contribution in [0.1, 0.15) is 18.2 Å². The Morgan fingerprint density at radius 1 is 1.55 bits per heavy atom. The Kier molecular flexibility index (Phi) is 3.06. The second-order valence-corrected chi connectivity index (χ2v) is 4.67. The van der Waals surface area contributed by atoms with Crippen molar-refractivity contribution >= 4 is 16.9 Å². The minimum atomic E-state index is -0.726. The third-order valence-corrected chi connectivity index (χ3v) is 3.49. The Labute approximate surface area is 115 Å². The molecule has 4 N–H and O–H groups in total. The third-order valence-electron chi connectivity index (χ3n) is 3.49. The van der Waals surface area contributed by atoms with Gasteiger partial charge in [-0.3, -0.25) is 0 Å². The van der Waals surface area contributed by atoms with Crippen LogP contribution in [0, 0.1) is 12.3 Å². The van der Waals surface area contributed by atoms with Crippen LogP contribution in [0.2, 0.25) is 0 Å². The van der Waals surface area contributed by atoms with Gasteiger partial charge in [-0.2, -0.15) is 0 Å². The number of fused-ring (bicyclic) bond motifs is 1. The molecule has 2 aromatic heterocycles. The van der Waals surface area contributed by atoms with E-state index in [-0.39, 0.29) is 6.61 Å². The molecule has 3 rings (SSSR count). The zero-order valence-corrected chi connectivity index (χ0v) is 10.6. The van der Waals surface area contributed by atoms with E-state index in [1.54, 1.807) is 10.8 Å². The number of hydrogen-bond donors (Lipinski definition) is 3. The molecule has 0 saturated carbocycles. The molecule has 0 amide bonds. The number of nitrogens with two attached hydrogens (primary N) is 1. The molecule has 1 aliphatic rings. The van der Waals surface area contributed by atoms with E-state index in [1.807, 2.05) is 0 Å². The van der Waals surface area contributed by atoms with Crippen molar-refractivity contribution in [1.82, 2.24) is 14.5 Å². The number of aliphatic hydroxyl groups excluding tert-OH is 2. The Morgan fingerprint density at radius 3 is 3.00 bits per heavy atom. The summed E-state index contributed by atoms with van der Waals surface area (Å²) >= 11 is 0. The van der Waals surface area contributed by atoms with Gasteiger partial charge in [0.05, 0.1) is 23.7 Å². The van der Waals surface area contributed by atoms with Gasteiger partial charge in [0, 0.05) is 12.6 Å². The summed E-state index contributed by atoms with van der Waals surface area (Å²) in [5.74, 6) is 2.85. The number of nitrogen functional groups attached to an aromatic ring is 1. The Hall–Kier alpha value is -2.14. The van der Waals surface area contributed by atoms with Crippen molar-refractivity contribution in [1.29, 1.82) is 0 Å². The summed E-state index contributed by atoms with van der Waals surface area (Å²) in [5, 5.41) is 19.6. The van der Waals surface area contributed by atoms with Crippen LogP contribution in [0.3, 0.4) is 0 Å². The number of nitrogens with zero attached hydrogens (tertiary/aromatic N) is 3. The predicted octanol–water partition coefficient (Wildman–Crippen LogP) is -0.364. The highest BCUT2D eigenvalue weighted by Crippen LogP contribution is 2.33. The molecule has 1 fully saturated rings. The van der Waals surface area contributed by atoms with Crippen LogP contribution in [0.5, 0.6) is 0 Å². The van der Waals surface area contributed by atoms with E-state index < -0.39 is 18.4 Å². The van der Waals surface area contributed by atoms with Gasteiger partial charge in [-0.1, -0.05) is 5.92 Å². The molecule has 0 bridgehead atoms. The fourth-order valence-electron chi connectivity index (χ4n) is 2.49. The number of rotatable bonds is 2. The van der Waals surface area contributed by atoms with Crippen LogP contribution < -0.4 is 5.73 Å². The first-order chi connectivity index (χ1) is 9.65. The maximum absolute atomic E-state index is 9.82. The lowest BCUT2D eigenvalue weighted by Crippen LogP contribution is -2.24. The van der Waals surface area contributed by atoms with E-state index in [9.17, 15) is 5.11 Å². The summed E-state index contributed by atoms with van der Waals surface area (Å²) in [7, 11) is 0. The fraction of sp³-hybridized carbons (Fsp3) is 0.385. The maximum Gasteiger partial charge on any atom is 0.148 e. The topological polar surface area (TPSA) is 106 Å². The number of aromatic nitrogens is 3. The van der Waals surface area contributed by atoms with E-state index >= 15 is 0 Å². The van der Waals surface area contributed by atoms with Crippen LogP contribution >= 0.6 is 0 Å². The first-order valence-electron chi connectivity index (χ1n) is 6.17. The summed E-state index contributed by atoms with van der Waals surface area (Å²) in [6, 6.07) is 0. The molecular formula is C13H14N4O3. The van der Waals surface area contributed by atoms with Gasteiger partial charge < -0.3 is 25.3 Å². The molecule has 0 radical (unpaired) electrons. The lowest BCUT2D eigenvalue weighted by molar-refractivity contribution is -0.0430. The number of aliphatic hydroxyl groups is 2. The van der Waals surface area contributed by atoms with Gasteiger partial charge in [0.2, 0.25) is 0 Å². The lowest BCUT2D eigenvalue weighted by atomic mass is 10.2. The van der Waals surface area contributed by atoms with E-state index in [0.717, 1.165) is 0 Å². The first kappa shape index (κ1) is 12.9. The molecule has 3 heterocycles. The van der Waals surface area contributed by atoms with Crippen molar-refractivity contribution in [3.8, 4) is 12.3 Å². The molecule has 0 aromatic carbocycles. The Balaban J connectivity index is 2.10. The van der Waals surface area contributed by atoms with Crippen LogP contribution in [-0.4, -0.2) is 43.6 Å². The van der Waals surface area contributed by atoms with E-state index in [1.165, 1.54) is 6.33 Å². The summed E-state index contributed by atoms with van der Waals surface area (Å²) in [6.07, 6.45) is 7.10. The van der Waals surface area contributed by atoms with Crippen LogP contribution in [0.25, 0.3) is 11.0 Å². The molecule has 3 atom stereocenters. The fourth-order valence-corrected chi connectivity index (χ4v) is 2.49. The van der Waals surface area contributed by atoms with Crippen molar-refractivity contribution in [3.63, 3.8) is 0 Å². The van der Waals surface area contributed by atoms with Crippen molar-refractivity contribution in [2.24, 2.45) is 0 Å². The van der Waals surface area contributed by atoms with Gasteiger partial charge in [0.25, 0.3) is 0 Å². The molecule has 1 saturated heterocycles. The minimum absolute atomic E-state index is 0.240. The number of terminal acetylenes is 1. The highest BCUT2D eigenvalue weighted by molar-refractivity contribution is 5.92. The lowest BCUT2D eigenvalue weighted by Gasteiger charge is -2.14. The van der Waals surface area contributed by atoms with Crippen molar-refractivity contribution in [2.75, 3.05) is 12.3 Å². The molecule has 7 heteroatoms. The SMILES string of the molecule is C#Cc1cn([C@H]2C[C@@H](O)C(CO)O2)c2ncnc(N)c12. The molecule has 20 heavy (non-hydrogen) atoms. The van der Waals surface area contributed by atoms with Crippen LogP contribution in [-0.2, 0) is 4.74 Å². The zero-order valence-electron chi connectivity index (χ0n) is 10.6. The number of anilines is 1. The molecule has 2 aromatic rings. The van der Waals surface area contributed by atoms with Gasteiger partial charge in [-0.15, -0.1) is 6.42 Å². The smallest absolute Gasteiger partial charge is 0.148 e. The average molecular weight is 274 g/mol. The molecule has 7 nitrogen and oxygen atoms in total. The minimum Gasteiger partial charge on any atom is -0.394 e. The quantitative estimate of drug-likeness (QED) is 0.645. The zero-order chi connectivity index (χ0) is 14.3. The van der Waals surface area contributed by atoms with Crippen molar-refractivity contribution in [2.45, 2.75) is 24.9 Å². The second-order valence-electron chi connectivity index (χ2n) is 4.67. The highest BCUT2D eigenvalue weighted by Gasteiger charge is 2.35. The standard InChI is InChI=1S/C13H14N4O3/c1-2-7-4-17(10-3-8(19)9(5-18)20-10)13-11(7)12(14)15-6-16-13/h1,4,6,8-10,18-19H,3,5H2,(H2,14,15,16)/t8-,9?,10-/m1/s1. The first-order valence-corrected chi connectivity index (χ1v) is 6.17. The molecule has 0 aliphatic carbocycles. The van der Waals surface area contributed by atoms with E-state index in [4.69, 9.17) is 22.0 Å². The second kappa shape index (κ2) is 4.76. The normalized spacial score (nSPS) is 25.9. The Bertz CT molecular complexity index is 691. The van der Waals surface area contributed by atoms with Crippen molar-refractivity contribution in [3.05, 3.63) is 18.1 Å². The summed E-state index contributed by atoms with van der Waals surface area (Å²) in [6.45, 7) is -0.240. The number of hydrogen-bond acceptors (Lipinski definition) is 6. The summed E-state index contributed by atoms with van der Waals surface area (Å²) in [5.41, 5.74) is 6.96. The summed E-state index contributed by atoms with van der Waals surface area (Å²) < 4.78 is 7.33. The van der Waals surface area contributed by atoms with Gasteiger partial charge >= 0.3 is 0 Å². The van der Waals surface area contributed by atoms with Crippen molar-refractivity contribution < 1.29 is 14.9 Å². The van der Waals surface area contributed by atoms with Crippen LogP contribution in [0.4, 0.5) is 5.82 Å². The predicted molar refractivity (Wildman–Crippen MR) is 71.5 cm³/mol. The van der Waals surface area contributed by atoms with Gasteiger partial charge in [0.15, 0.2) is 0 Å². The average Bonchev–Trinajstić information content (AvgIpc) is 3.00. The maximum atomic E-state index is 9.82. The third kappa shape index (κ3) is 1.82. The van der Waals surface area contributed by atoms with Gasteiger partial charge in [-0.25, -0.2) is 9.97 Å². The van der Waals surface area contributed by atoms with E-state index in [0.29, 0.717) is 28.8 Å². The molecular weight excluding hydrogens is 260 g/mol. The molecule has 1 unspecified atom stereocenters. The monoisotopic (exact) mass is 274 g/mol.